The van der Waals surface area contributed by atoms with Crippen LogP contribution in [0.15, 0.2) is 18.2 Å². The van der Waals surface area contributed by atoms with E-state index < -0.39 is 0 Å². The molecule has 0 spiro atoms. The topological polar surface area (TPSA) is 20.2 Å². The van der Waals surface area contributed by atoms with Crippen molar-refractivity contribution >= 4 is 11.6 Å². The van der Waals surface area contributed by atoms with Gasteiger partial charge in [-0.25, -0.2) is 0 Å². The highest BCUT2D eigenvalue weighted by Crippen LogP contribution is 2.29. The molecule has 0 fully saturated rings. The lowest BCUT2D eigenvalue weighted by Gasteiger charge is -2.19. The lowest BCUT2D eigenvalue weighted by molar-refractivity contribution is 0.140. The van der Waals surface area contributed by atoms with Crippen LogP contribution in [0.25, 0.3) is 0 Å². The first-order valence-electron chi connectivity index (χ1n) is 6.03. The number of rotatable bonds is 5. The minimum Gasteiger partial charge on any atom is -0.388 e. The molecule has 2 heteroatoms. The molecule has 0 aliphatic carbocycles. The molecule has 0 radical (unpaired) electrons. The van der Waals surface area contributed by atoms with Crippen molar-refractivity contribution in [2.45, 2.75) is 46.1 Å². The van der Waals surface area contributed by atoms with Gasteiger partial charge < -0.3 is 5.11 Å². The Bertz CT molecular complexity index is 332. The molecule has 0 aliphatic rings. The molecular weight excluding hydrogens is 220 g/mol. The fourth-order valence-electron chi connectivity index (χ4n) is 2.05. The van der Waals surface area contributed by atoms with Crippen LogP contribution in [-0.4, -0.2) is 5.11 Å². The Labute approximate surface area is 103 Å². The molecule has 1 nitrogen and oxygen atoms in total. The first kappa shape index (κ1) is 13.5. The zero-order chi connectivity index (χ0) is 12.1. The normalized spacial score (nSPS) is 13.1. The molecule has 0 saturated heterocycles. The van der Waals surface area contributed by atoms with E-state index >= 15 is 0 Å². The molecule has 90 valence electrons. The van der Waals surface area contributed by atoms with Gasteiger partial charge in [-0.2, -0.15) is 0 Å². The number of aliphatic hydroxyl groups is 1. The maximum atomic E-state index is 10.2. The van der Waals surface area contributed by atoms with E-state index in [1.54, 1.807) is 0 Å². The summed E-state index contributed by atoms with van der Waals surface area (Å²) in [5, 5.41) is 10.9. The molecule has 1 N–H and O–H groups in total. The molecule has 1 rings (SSSR count). The van der Waals surface area contributed by atoms with Crippen molar-refractivity contribution in [3.05, 3.63) is 34.3 Å². The zero-order valence-electron chi connectivity index (χ0n) is 10.3. The van der Waals surface area contributed by atoms with Crippen molar-refractivity contribution in [2.24, 2.45) is 5.92 Å². The van der Waals surface area contributed by atoms with E-state index in [1.807, 2.05) is 25.1 Å². The van der Waals surface area contributed by atoms with Crippen LogP contribution in [-0.2, 0) is 0 Å². The van der Waals surface area contributed by atoms with Gasteiger partial charge in [-0.3, -0.25) is 0 Å². The Hall–Kier alpha value is -0.530. The van der Waals surface area contributed by atoms with E-state index in [-0.39, 0.29) is 6.10 Å². The second kappa shape index (κ2) is 6.27. The van der Waals surface area contributed by atoms with Crippen LogP contribution in [0.3, 0.4) is 0 Å². The fourth-order valence-corrected chi connectivity index (χ4v) is 2.23. The lowest BCUT2D eigenvalue weighted by Crippen LogP contribution is -2.07. The van der Waals surface area contributed by atoms with Crippen molar-refractivity contribution in [3.8, 4) is 0 Å². The highest BCUT2D eigenvalue weighted by atomic mass is 35.5. The molecular formula is C14H21ClO. The van der Waals surface area contributed by atoms with Crippen LogP contribution in [0.1, 0.15) is 50.3 Å². The van der Waals surface area contributed by atoms with Crippen molar-refractivity contribution in [3.63, 3.8) is 0 Å². The number of hydrogen-bond acceptors (Lipinski definition) is 1. The van der Waals surface area contributed by atoms with Crippen LogP contribution in [0.4, 0.5) is 0 Å². The summed E-state index contributed by atoms with van der Waals surface area (Å²) in [6, 6.07) is 5.74. The largest absolute Gasteiger partial charge is 0.388 e. The molecule has 1 atom stereocenters. The van der Waals surface area contributed by atoms with Crippen LogP contribution in [0.2, 0.25) is 5.02 Å². The first-order valence-corrected chi connectivity index (χ1v) is 6.41. The monoisotopic (exact) mass is 240 g/mol. The average molecular weight is 241 g/mol. The van der Waals surface area contributed by atoms with E-state index in [0.29, 0.717) is 5.92 Å². The average Bonchev–Trinajstić information content (AvgIpc) is 2.29. The van der Waals surface area contributed by atoms with Crippen LogP contribution in [0.5, 0.6) is 0 Å². The van der Waals surface area contributed by atoms with Crippen molar-refractivity contribution in [1.82, 2.24) is 0 Å². The zero-order valence-corrected chi connectivity index (χ0v) is 11.1. The van der Waals surface area contributed by atoms with Gasteiger partial charge in [0, 0.05) is 5.02 Å². The van der Waals surface area contributed by atoms with Crippen molar-refractivity contribution < 1.29 is 5.11 Å². The van der Waals surface area contributed by atoms with Crippen LogP contribution < -0.4 is 0 Å². The van der Waals surface area contributed by atoms with Crippen LogP contribution >= 0.6 is 11.6 Å². The quantitative estimate of drug-likeness (QED) is 0.803. The van der Waals surface area contributed by atoms with Gasteiger partial charge in [0.25, 0.3) is 0 Å². The maximum absolute atomic E-state index is 10.2. The third-order valence-electron chi connectivity index (χ3n) is 3.38. The molecule has 1 unspecified atom stereocenters. The Morgan fingerprint density at radius 2 is 1.88 bits per heavy atom. The Balaban J connectivity index is 2.80. The van der Waals surface area contributed by atoms with E-state index in [2.05, 4.69) is 13.8 Å². The third-order valence-corrected chi connectivity index (χ3v) is 3.79. The SMILES string of the molecule is CCC(CC)CC(O)c1cccc(Cl)c1C. The second-order valence-corrected chi connectivity index (χ2v) is 4.80. The van der Waals surface area contributed by atoms with E-state index in [4.69, 9.17) is 11.6 Å². The summed E-state index contributed by atoms with van der Waals surface area (Å²) < 4.78 is 0. The van der Waals surface area contributed by atoms with Gasteiger partial charge in [-0.05, 0) is 36.5 Å². The Morgan fingerprint density at radius 3 is 2.44 bits per heavy atom. The lowest BCUT2D eigenvalue weighted by atomic mass is 9.91. The van der Waals surface area contributed by atoms with Gasteiger partial charge in [0.2, 0.25) is 0 Å². The summed E-state index contributed by atoms with van der Waals surface area (Å²) in [6.07, 6.45) is 2.68. The standard InChI is InChI=1S/C14H21ClO/c1-4-11(5-2)9-14(16)12-7-6-8-13(15)10(12)3/h6-8,11,14,16H,4-5,9H2,1-3H3. The third kappa shape index (κ3) is 3.23. The molecule has 0 bridgehead atoms. The van der Waals surface area contributed by atoms with Gasteiger partial charge in [0.1, 0.15) is 0 Å². The minimum atomic E-state index is -0.386. The molecule has 0 aromatic heterocycles. The van der Waals surface area contributed by atoms with E-state index in [0.717, 1.165) is 35.4 Å². The van der Waals surface area contributed by atoms with Gasteiger partial charge >= 0.3 is 0 Å². The van der Waals surface area contributed by atoms with Gasteiger partial charge in [-0.1, -0.05) is 50.4 Å². The highest BCUT2D eigenvalue weighted by molar-refractivity contribution is 6.31. The second-order valence-electron chi connectivity index (χ2n) is 4.39. The summed E-state index contributed by atoms with van der Waals surface area (Å²) in [7, 11) is 0. The summed E-state index contributed by atoms with van der Waals surface area (Å²) in [5.41, 5.74) is 1.97. The minimum absolute atomic E-state index is 0.386. The van der Waals surface area contributed by atoms with Gasteiger partial charge in [0.15, 0.2) is 0 Å². The van der Waals surface area contributed by atoms with Gasteiger partial charge in [-0.15, -0.1) is 0 Å². The van der Waals surface area contributed by atoms with E-state index in [9.17, 15) is 5.11 Å². The number of benzene rings is 1. The fraction of sp³-hybridized carbons (Fsp3) is 0.571. The summed E-state index contributed by atoms with van der Waals surface area (Å²) in [5.74, 6) is 0.591. The summed E-state index contributed by atoms with van der Waals surface area (Å²) >= 11 is 6.05. The Kier molecular flexibility index (Phi) is 5.30. The number of aliphatic hydroxyl groups excluding tert-OH is 1. The summed E-state index contributed by atoms with van der Waals surface area (Å²) in [6.45, 7) is 6.31. The molecule has 1 aromatic carbocycles. The smallest absolute Gasteiger partial charge is 0.0795 e. The predicted octanol–water partition coefficient (Wildman–Crippen LogP) is 4.51. The molecule has 1 aromatic rings. The number of halogens is 1. The molecule has 16 heavy (non-hydrogen) atoms. The molecule has 0 saturated carbocycles. The predicted molar refractivity (Wildman–Crippen MR) is 69.8 cm³/mol. The van der Waals surface area contributed by atoms with Crippen molar-refractivity contribution in [2.75, 3.05) is 0 Å². The van der Waals surface area contributed by atoms with Crippen molar-refractivity contribution in [1.29, 1.82) is 0 Å². The van der Waals surface area contributed by atoms with Gasteiger partial charge in [0.05, 0.1) is 6.10 Å². The number of hydrogen-bond donors (Lipinski definition) is 1. The Morgan fingerprint density at radius 1 is 1.25 bits per heavy atom. The molecule has 0 heterocycles. The first-order chi connectivity index (χ1) is 7.60. The highest BCUT2D eigenvalue weighted by Gasteiger charge is 2.15. The van der Waals surface area contributed by atoms with E-state index in [1.165, 1.54) is 0 Å². The molecule has 0 amide bonds. The summed E-state index contributed by atoms with van der Waals surface area (Å²) in [4.78, 5) is 0. The van der Waals surface area contributed by atoms with Crippen LogP contribution in [0, 0.1) is 12.8 Å². The molecule has 0 aliphatic heterocycles. The maximum Gasteiger partial charge on any atom is 0.0795 e.